The minimum atomic E-state index is -1.40. The van der Waals surface area contributed by atoms with Crippen LogP contribution in [0.5, 0.6) is 0 Å². The molecule has 2 heterocycles. The van der Waals surface area contributed by atoms with Gasteiger partial charge >= 0.3 is 12.1 Å². The number of carbonyl (C=O) groups is 3. The fraction of sp³-hybridized carbons (Fsp3) is 0.600. The van der Waals surface area contributed by atoms with Crippen LogP contribution in [-0.4, -0.2) is 40.0 Å². The van der Waals surface area contributed by atoms with Gasteiger partial charge in [-0.25, -0.2) is 9.59 Å². The Morgan fingerprint density at radius 3 is 2.71 bits per heavy atom. The molecular formula is C15H21N5O4. The van der Waals surface area contributed by atoms with E-state index in [1.807, 2.05) is 0 Å². The van der Waals surface area contributed by atoms with Crippen LogP contribution >= 0.6 is 0 Å². The molecule has 9 nitrogen and oxygen atoms in total. The molecule has 0 aromatic carbocycles. The van der Waals surface area contributed by atoms with Crippen LogP contribution in [0.15, 0.2) is 12.3 Å². The second-order valence-corrected chi connectivity index (χ2v) is 7.06. The quantitative estimate of drug-likeness (QED) is 0.704. The molecule has 3 N–H and O–H groups in total. The maximum atomic E-state index is 12.5. The van der Waals surface area contributed by atoms with Gasteiger partial charge in [-0.15, -0.1) is 0 Å². The minimum absolute atomic E-state index is 0.127. The van der Waals surface area contributed by atoms with E-state index in [2.05, 4.69) is 21.0 Å². The van der Waals surface area contributed by atoms with Gasteiger partial charge in [0.05, 0.1) is 18.3 Å². The summed E-state index contributed by atoms with van der Waals surface area (Å²) in [5.41, 5.74) is -1.51. The summed E-state index contributed by atoms with van der Waals surface area (Å²) in [6, 6.07) is 1.30. The molecule has 1 aromatic rings. The standard InChI is InChI=1S/C15H21N5O4/c1-14(2,3)24-13(23)16-8-15(11(21)18-12(22)19-15)10-6-7-17-20(10)9-4-5-9/h6-7,9H,4-5,8H2,1-3H3,(H,16,23)(H2,18,19,21,22)/t15-/m1/s1. The monoisotopic (exact) mass is 335 g/mol. The Kier molecular flexibility index (Phi) is 3.73. The highest BCUT2D eigenvalue weighted by Gasteiger charge is 2.51. The van der Waals surface area contributed by atoms with Crippen molar-refractivity contribution in [3.63, 3.8) is 0 Å². The summed E-state index contributed by atoms with van der Waals surface area (Å²) < 4.78 is 6.93. The minimum Gasteiger partial charge on any atom is -0.444 e. The first-order chi connectivity index (χ1) is 11.2. The largest absolute Gasteiger partial charge is 0.444 e. The third-order valence-electron chi connectivity index (χ3n) is 3.84. The van der Waals surface area contributed by atoms with Crippen molar-refractivity contribution in [1.29, 1.82) is 0 Å². The SMILES string of the molecule is CC(C)(C)OC(=O)NC[C@]1(c2ccnn2C2CC2)NC(=O)NC1=O. The summed E-state index contributed by atoms with van der Waals surface area (Å²) in [6.45, 7) is 5.11. The normalized spacial score (nSPS) is 23.6. The number of hydrogen-bond donors (Lipinski definition) is 3. The number of alkyl carbamates (subject to hydrolysis) is 1. The van der Waals surface area contributed by atoms with E-state index in [4.69, 9.17) is 4.74 Å². The van der Waals surface area contributed by atoms with Gasteiger partial charge in [-0.1, -0.05) is 0 Å². The molecule has 1 saturated carbocycles. The number of imide groups is 1. The lowest BCUT2D eigenvalue weighted by Gasteiger charge is -2.28. The molecule has 2 aliphatic rings. The van der Waals surface area contributed by atoms with Crippen LogP contribution in [0.2, 0.25) is 0 Å². The second-order valence-electron chi connectivity index (χ2n) is 7.06. The van der Waals surface area contributed by atoms with Crippen LogP contribution < -0.4 is 16.0 Å². The lowest BCUT2D eigenvalue weighted by Crippen LogP contribution is -2.54. The number of rotatable bonds is 4. The van der Waals surface area contributed by atoms with Gasteiger partial charge in [-0.3, -0.25) is 14.8 Å². The molecule has 9 heteroatoms. The molecule has 1 saturated heterocycles. The number of carbonyl (C=O) groups excluding carboxylic acids is 3. The molecule has 4 amide bonds. The Bertz CT molecular complexity index is 688. The van der Waals surface area contributed by atoms with Crippen LogP contribution in [0.3, 0.4) is 0 Å². The van der Waals surface area contributed by atoms with Crippen molar-refractivity contribution in [1.82, 2.24) is 25.7 Å². The van der Waals surface area contributed by atoms with Crippen molar-refractivity contribution < 1.29 is 19.1 Å². The molecule has 3 rings (SSSR count). The molecule has 1 aliphatic carbocycles. The Morgan fingerprint density at radius 2 is 2.17 bits per heavy atom. The van der Waals surface area contributed by atoms with Gasteiger partial charge < -0.3 is 15.4 Å². The molecular weight excluding hydrogens is 314 g/mol. The van der Waals surface area contributed by atoms with Crippen molar-refractivity contribution >= 4 is 18.0 Å². The summed E-state index contributed by atoms with van der Waals surface area (Å²) in [5, 5.41) is 11.7. The summed E-state index contributed by atoms with van der Waals surface area (Å²) in [6.07, 6.45) is 2.87. The lowest BCUT2D eigenvalue weighted by atomic mass is 9.95. The molecule has 1 atom stereocenters. The maximum Gasteiger partial charge on any atom is 0.407 e. The molecule has 1 aliphatic heterocycles. The average Bonchev–Trinajstić information content (AvgIpc) is 3.10. The third kappa shape index (κ3) is 3.06. The fourth-order valence-electron chi connectivity index (χ4n) is 2.67. The number of amides is 4. The Morgan fingerprint density at radius 1 is 1.46 bits per heavy atom. The van der Waals surface area contributed by atoms with Gasteiger partial charge in [0, 0.05) is 6.20 Å². The zero-order valence-electron chi connectivity index (χ0n) is 13.9. The maximum absolute atomic E-state index is 12.5. The average molecular weight is 335 g/mol. The molecule has 0 unspecified atom stereocenters. The van der Waals surface area contributed by atoms with Crippen molar-refractivity contribution in [2.75, 3.05) is 6.54 Å². The molecule has 0 spiro atoms. The first-order valence-electron chi connectivity index (χ1n) is 7.86. The molecule has 24 heavy (non-hydrogen) atoms. The van der Waals surface area contributed by atoms with Gasteiger partial charge in [0.2, 0.25) is 0 Å². The van der Waals surface area contributed by atoms with Crippen molar-refractivity contribution in [2.45, 2.75) is 50.8 Å². The zero-order chi connectivity index (χ0) is 17.5. The van der Waals surface area contributed by atoms with Crippen molar-refractivity contribution in [2.24, 2.45) is 0 Å². The Labute approximate surface area is 139 Å². The molecule has 130 valence electrons. The summed E-state index contributed by atoms with van der Waals surface area (Å²) >= 11 is 0. The molecule has 2 fully saturated rings. The summed E-state index contributed by atoms with van der Waals surface area (Å²) in [4.78, 5) is 36.1. The van der Waals surface area contributed by atoms with E-state index >= 15 is 0 Å². The van der Waals surface area contributed by atoms with Crippen LogP contribution in [0, 0.1) is 0 Å². The number of nitrogens with zero attached hydrogens (tertiary/aromatic N) is 2. The van der Waals surface area contributed by atoms with Crippen LogP contribution in [0.1, 0.15) is 45.3 Å². The van der Waals surface area contributed by atoms with Gasteiger partial charge in [-0.05, 0) is 39.7 Å². The van der Waals surface area contributed by atoms with Crippen LogP contribution in [0.25, 0.3) is 0 Å². The van der Waals surface area contributed by atoms with Gasteiger partial charge in [0.15, 0.2) is 5.54 Å². The highest BCUT2D eigenvalue weighted by molar-refractivity contribution is 6.07. The van der Waals surface area contributed by atoms with E-state index in [1.54, 1.807) is 37.7 Å². The summed E-state index contributed by atoms with van der Waals surface area (Å²) in [7, 11) is 0. The van der Waals surface area contributed by atoms with E-state index in [0.717, 1.165) is 12.8 Å². The van der Waals surface area contributed by atoms with Crippen molar-refractivity contribution in [3.05, 3.63) is 18.0 Å². The lowest BCUT2D eigenvalue weighted by molar-refractivity contribution is -0.124. The van der Waals surface area contributed by atoms with Crippen LogP contribution in [0.4, 0.5) is 9.59 Å². The Hall–Kier alpha value is -2.58. The number of ether oxygens (including phenoxy) is 1. The first kappa shape index (κ1) is 16.3. The topological polar surface area (TPSA) is 114 Å². The number of nitrogens with one attached hydrogen (secondary N) is 3. The first-order valence-corrected chi connectivity index (χ1v) is 7.86. The molecule has 1 aromatic heterocycles. The van der Waals surface area contributed by atoms with Gasteiger partial charge in [0.1, 0.15) is 5.60 Å². The fourth-order valence-corrected chi connectivity index (χ4v) is 2.67. The van der Waals surface area contributed by atoms with E-state index in [9.17, 15) is 14.4 Å². The molecule has 0 bridgehead atoms. The summed E-state index contributed by atoms with van der Waals surface area (Å²) in [5.74, 6) is -0.522. The van der Waals surface area contributed by atoms with Gasteiger partial charge in [-0.2, -0.15) is 5.10 Å². The van der Waals surface area contributed by atoms with E-state index in [0.29, 0.717) is 5.69 Å². The highest BCUT2D eigenvalue weighted by Crippen LogP contribution is 2.38. The third-order valence-corrected chi connectivity index (χ3v) is 3.84. The van der Waals surface area contributed by atoms with E-state index in [1.165, 1.54) is 0 Å². The number of urea groups is 1. The Balaban J connectivity index is 1.84. The number of aromatic nitrogens is 2. The van der Waals surface area contributed by atoms with E-state index < -0.39 is 29.2 Å². The molecule has 0 radical (unpaired) electrons. The smallest absolute Gasteiger partial charge is 0.407 e. The zero-order valence-corrected chi connectivity index (χ0v) is 13.9. The van der Waals surface area contributed by atoms with Gasteiger partial charge in [0.25, 0.3) is 5.91 Å². The highest BCUT2D eigenvalue weighted by atomic mass is 16.6. The van der Waals surface area contributed by atoms with E-state index in [-0.39, 0.29) is 12.6 Å². The number of hydrogen-bond acceptors (Lipinski definition) is 5. The second kappa shape index (κ2) is 5.50. The van der Waals surface area contributed by atoms with Crippen molar-refractivity contribution in [3.8, 4) is 0 Å². The predicted octanol–water partition coefficient (Wildman–Crippen LogP) is 0.777. The predicted molar refractivity (Wildman–Crippen MR) is 83.1 cm³/mol. The van der Waals surface area contributed by atoms with Crippen LogP contribution in [-0.2, 0) is 15.1 Å².